The fourth-order valence-corrected chi connectivity index (χ4v) is 3.34. The van der Waals surface area contributed by atoms with E-state index in [-0.39, 0.29) is 5.95 Å². The lowest BCUT2D eigenvalue weighted by Gasteiger charge is -2.16. The Morgan fingerprint density at radius 1 is 1.39 bits per heavy atom. The van der Waals surface area contributed by atoms with E-state index < -0.39 is 10.0 Å². The minimum Gasteiger partial charge on any atom is -0.368 e. The van der Waals surface area contributed by atoms with E-state index in [0.717, 1.165) is 17.8 Å². The molecule has 3 heterocycles. The van der Waals surface area contributed by atoms with Gasteiger partial charge >= 0.3 is 0 Å². The predicted molar refractivity (Wildman–Crippen MR) is 85.9 cm³/mol. The van der Waals surface area contributed by atoms with E-state index in [9.17, 15) is 8.42 Å². The Morgan fingerprint density at radius 2 is 2.22 bits per heavy atom. The average Bonchev–Trinajstić information content (AvgIpc) is 2.74. The number of hydrogen-bond donors (Lipinski definition) is 2. The Kier molecular flexibility index (Phi) is 4.18. The fourth-order valence-electron chi connectivity index (χ4n) is 2.52. The lowest BCUT2D eigenvalue weighted by Crippen LogP contribution is -2.29. The number of sulfonamides is 1. The molecule has 0 saturated carbocycles. The van der Waals surface area contributed by atoms with Crippen molar-refractivity contribution in [2.45, 2.75) is 26.1 Å². The molecule has 2 aromatic heterocycles. The summed E-state index contributed by atoms with van der Waals surface area (Å²) in [5.41, 5.74) is 7.26. The Morgan fingerprint density at radius 3 is 2.96 bits per heavy atom. The topological polar surface area (TPSA) is 119 Å². The van der Waals surface area contributed by atoms with E-state index in [1.807, 2.05) is 10.7 Å². The molecule has 23 heavy (non-hydrogen) atoms. The number of nitrogen functional groups attached to an aromatic ring is 1. The lowest BCUT2D eigenvalue weighted by molar-refractivity contribution is 0.414. The van der Waals surface area contributed by atoms with E-state index in [1.54, 1.807) is 12.3 Å². The quantitative estimate of drug-likeness (QED) is 0.808. The molecular formula is C13H19N7O2S. The molecule has 0 aliphatic carbocycles. The van der Waals surface area contributed by atoms with Crippen LogP contribution in [0.25, 0.3) is 0 Å². The number of nitrogens with one attached hydrogen (secondary N) is 1. The Balaban J connectivity index is 1.72. The first-order valence-corrected chi connectivity index (χ1v) is 9.10. The van der Waals surface area contributed by atoms with Crippen LogP contribution in [0.15, 0.2) is 18.3 Å². The summed E-state index contributed by atoms with van der Waals surface area (Å²) in [6.45, 7) is 2.07. The van der Waals surface area contributed by atoms with E-state index in [2.05, 4.69) is 20.4 Å². The standard InChI is InChI=1S/C13H19N7O2S/c1-23(21,22)19-5-2-6-20-11(9-19)7-10(18-20)8-16-12-3-4-15-13(14)17-12/h3-4,7H,2,5-6,8-9H2,1H3,(H3,14,15,16,17). The van der Waals surface area contributed by atoms with Crippen molar-refractivity contribution in [2.75, 3.05) is 23.9 Å². The molecule has 1 aliphatic rings. The summed E-state index contributed by atoms with van der Waals surface area (Å²) in [4.78, 5) is 7.90. The summed E-state index contributed by atoms with van der Waals surface area (Å²) in [7, 11) is -3.20. The minimum atomic E-state index is -3.20. The maximum Gasteiger partial charge on any atom is 0.221 e. The molecule has 0 unspecified atom stereocenters. The van der Waals surface area contributed by atoms with Crippen LogP contribution < -0.4 is 11.1 Å². The molecule has 0 atom stereocenters. The highest BCUT2D eigenvalue weighted by Gasteiger charge is 2.22. The van der Waals surface area contributed by atoms with E-state index in [0.29, 0.717) is 32.0 Å². The first-order chi connectivity index (χ1) is 10.9. The Labute approximate surface area is 134 Å². The van der Waals surface area contributed by atoms with E-state index in [1.165, 1.54) is 10.6 Å². The molecule has 0 fully saturated rings. The largest absolute Gasteiger partial charge is 0.368 e. The van der Waals surface area contributed by atoms with Gasteiger partial charge in [-0.1, -0.05) is 0 Å². The lowest BCUT2D eigenvalue weighted by atomic mass is 10.3. The third-order valence-corrected chi connectivity index (χ3v) is 4.87. The van der Waals surface area contributed by atoms with Crippen molar-refractivity contribution in [3.63, 3.8) is 0 Å². The van der Waals surface area contributed by atoms with Gasteiger partial charge in [0.25, 0.3) is 0 Å². The van der Waals surface area contributed by atoms with Gasteiger partial charge in [-0.05, 0) is 18.6 Å². The van der Waals surface area contributed by atoms with Crippen LogP contribution in [0.4, 0.5) is 11.8 Å². The number of nitrogens with two attached hydrogens (primary N) is 1. The third kappa shape index (κ3) is 3.77. The average molecular weight is 337 g/mol. The van der Waals surface area contributed by atoms with Crippen molar-refractivity contribution in [2.24, 2.45) is 0 Å². The van der Waals surface area contributed by atoms with Crippen LogP contribution in [0.5, 0.6) is 0 Å². The predicted octanol–water partition coefficient (Wildman–Crippen LogP) is 0.0327. The molecular weight excluding hydrogens is 318 g/mol. The molecule has 3 rings (SSSR count). The van der Waals surface area contributed by atoms with Gasteiger partial charge in [0, 0.05) is 19.3 Å². The summed E-state index contributed by atoms with van der Waals surface area (Å²) < 4.78 is 26.9. The summed E-state index contributed by atoms with van der Waals surface area (Å²) in [5.74, 6) is 0.831. The van der Waals surface area contributed by atoms with Crippen LogP contribution in [-0.4, -0.2) is 45.3 Å². The molecule has 0 radical (unpaired) electrons. The SMILES string of the molecule is CS(=O)(=O)N1CCCn2nc(CNc3ccnc(N)n3)cc2C1. The number of fused-ring (bicyclic) bond motifs is 1. The molecule has 2 aromatic rings. The van der Waals surface area contributed by atoms with Crippen LogP contribution in [0, 0.1) is 0 Å². The molecule has 0 spiro atoms. The smallest absolute Gasteiger partial charge is 0.221 e. The molecule has 1 aliphatic heterocycles. The van der Waals surface area contributed by atoms with Crippen molar-refractivity contribution in [1.29, 1.82) is 0 Å². The van der Waals surface area contributed by atoms with Gasteiger partial charge in [-0.25, -0.2) is 13.4 Å². The maximum atomic E-state index is 11.8. The second kappa shape index (κ2) is 6.13. The highest BCUT2D eigenvalue weighted by atomic mass is 32.2. The van der Waals surface area contributed by atoms with Crippen molar-refractivity contribution in [3.8, 4) is 0 Å². The highest BCUT2D eigenvalue weighted by Crippen LogP contribution is 2.16. The van der Waals surface area contributed by atoms with Gasteiger partial charge in [0.05, 0.1) is 30.7 Å². The molecule has 0 bridgehead atoms. The minimum absolute atomic E-state index is 0.208. The zero-order chi connectivity index (χ0) is 16.4. The molecule has 0 saturated heterocycles. The third-order valence-electron chi connectivity index (χ3n) is 3.62. The van der Waals surface area contributed by atoms with E-state index in [4.69, 9.17) is 5.73 Å². The van der Waals surface area contributed by atoms with Crippen molar-refractivity contribution < 1.29 is 8.42 Å². The molecule has 0 amide bonds. The van der Waals surface area contributed by atoms with Gasteiger partial charge < -0.3 is 11.1 Å². The van der Waals surface area contributed by atoms with Crippen LogP contribution in [0.3, 0.4) is 0 Å². The fraction of sp³-hybridized carbons (Fsp3) is 0.462. The van der Waals surface area contributed by atoms with Gasteiger partial charge in [0.1, 0.15) is 5.82 Å². The number of aryl methyl sites for hydroxylation is 1. The number of aromatic nitrogens is 4. The number of anilines is 2. The van der Waals surface area contributed by atoms with Crippen LogP contribution in [-0.2, 0) is 29.7 Å². The van der Waals surface area contributed by atoms with Crippen LogP contribution in [0.2, 0.25) is 0 Å². The molecule has 124 valence electrons. The number of rotatable bonds is 4. The van der Waals surface area contributed by atoms with Gasteiger partial charge in [-0.3, -0.25) is 4.68 Å². The van der Waals surface area contributed by atoms with Gasteiger partial charge in [0.15, 0.2) is 0 Å². The van der Waals surface area contributed by atoms with Crippen LogP contribution >= 0.6 is 0 Å². The summed E-state index contributed by atoms with van der Waals surface area (Å²) in [6, 6.07) is 3.64. The van der Waals surface area contributed by atoms with Crippen LogP contribution in [0.1, 0.15) is 17.8 Å². The second-order valence-corrected chi connectivity index (χ2v) is 7.44. The van der Waals surface area contributed by atoms with Gasteiger partial charge in [-0.2, -0.15) is 14.4 Å². The summed E-state index contributed by atoms with van der Waals surface area (Å²) in [6.07, 6.45) is 3.56. The first kappa shape index (κ1) is 15.7. The van der Waals surface area contributed by atoms with Gasteiger partial charge in [0.2, 0.25) is 16.0 Å². The summed E-state index contributed by atoms with van der Waals surface area (Å²) >= 11 is 0. The molecule has 3 N–H and O–H groups in total. The van der Waals surface area contributed by atoms with Gasteiger partial charge in [-0.15, -0.1) is 0 Å². The Hall–Kier alpha value is -2.20. The van der Waals surface area contributed by atoms with Crippen molar-refractivity contribution in [3.05, 3.63) is 29.7 Å². The van der Waals surface area contributed by atoms with Crippen molar-refractivity contribution in [1.82, 2.24) is 24.1 Å². The molecule has 9 nitrogen and oxygen atoms in total. The first-order valence-electron chi connectivity index (χ1n) is 7.25. The Bertz CT molecular complexity index is 802. The zero-order valence-corrected chi connectivity index (χ0v) is 13.6. The maximum absolute atomic E-state index is 11.8. The zero-order valence-electron chi connectivity index (χ0n) is 12.8. The highest BCUT2D eigenvalue weighted by molar-refractivity contribution is 7.88. The van der Waals surface area contributed by atoms with Crippen molar-refractivity contribution >= 4 is 21.8 Å². The normalized spacial score (nSPS) is 15.9. The second-order valence-electron chi connectivity index (χ2n) is 5.45. The number of nitrogens with zero attached hydrogens (tertiary/aromatic N) is 5. The molecule has 0 aromatic carbocycles. The summed E-state index contributed by atoms with van der Waals surface area (Å²) in [5, 5.41) is 7.65. The molecule has 10 heteroatoms. The van der Waals surface area contributed by atoms with E-state index >= 15 is 0 Å². The monoisotopic (exact) mass is 337 g/mol. The number of hydrogen-bond acceptors (Lipinski definition) is 7.